The van der Waals surface area contributed by atoms with Gasteiger partial charge in [-0.25, -0.2) is 14.2 Å². The van der Waals surface area contributed by atoms with Gasteiger partial charge in [0.15, 0.2) is 0 Å². The fourth-order valence-electron chi connectivity index (χ4n) is 4.42. The van der Waals surface area contributed by atoms with Gasteiger partial charge in [-0.2, -0.15) is 0 Å². The highest BCUT2D eigenvalue weighted by Crippen LogP contribution is 2.26. The van der Waals surface area contributed by atoms with E-state index in [1.807, 2.05) is 65.0 Å². The van der Waals surface area contributed by atoms with Gasteiger partial charge in [0.2, 0.25) is 0 Å². The van der Waals surface area contributed by atoms with Crippen molar-refractivity contribution in [3.05, 3.63) is 99.9 Å². The topological polar surface area (TPSA) is 67.2 Å². The largest absolute Gasteiger partial charge is 0.322 e. The first-order valence-electron chi connectivity index (χ1n) is 12.1. The van der Waals surface area contributed by atoms with Gasteiger partial charge in [0.05, 0.1) is 28.3 Å². The van der Waals surface area contributed by atoms with E-state index in [4.69, 9.17) is 4.98 Å². The Bertz CT molecular complexity index is 1480. The molecule has 186 valence electrons. The molecule has 0 aliphatic heterocycles. The van der Waals surface area contributed by atoms with Crippen LogP contribution in [-0.2, 0) is 0 Å². The standard InChI is InChI=1S/C29H31FN4O2/c1-18(2)17-33(29(36)32-25-13-9-7-11-23(25)30)21(5)27-31-24-12-8-6-10-22(24)28(35)34(27)26-15-14-19(3)16-20(26)4/h6-16,18,21H,17H2,1-5H3,(H,32,36). The van der Waals surface area contributed by atoms with E-state index >= 15 is 0 Å². The molecular weight excluding hydrogens is 455 g/mol. The number of hydrogen-bond donors (Lipinski definition) is 1. The number of carbonyl (C=O) groups excluding carboxylic acids is 1. The predicted molar refractivity (Wildman–Crippen MR) is 142 cm³/mol. The van der Waals surface area contributed by atoms with Crippen LogP contribution in [0.2, 0.25) is 0 Å². The van der Waals surface area contributed by atoms with E-state index in [1.54, 1.807) is 33.7 Å². The third-order valence-corrected chi connectivity index (χ3v) is 6.17. The summed E-state index contributed by atoms with van der Waals surface area (Å²) in [6.07, 6.45) is 0. The zero-order valence-electron chi connectivity index (χ0n) is 21.2. The molecule has 1 aromatic heterocycles. The lowest BCUT2D eigenvalue weighted by molar-refractivity contribution is 0.179. The Labute approximate surface area is 210 Å². The molecule has 3 aromatic carbocycles. The van der Waals surface area contributed by atoms with Crippen molar-refractivity contribution in [1.82, 2.24) is 14.5 Å². The van der Waals surface area contributed by atoms with Crippen LogP contribution in [0.5, 0.6) is 0 Å². The van der Waals surface area contributed by atoms with Crippen LogP contribution in [0.4, 0.5) is 14.9 Å². The lowest BCUT2D eigenvalue weighted by Crippen LogP contribution is -2.42. The Morgan fingerprint density at radius 2 is 1.72 bits per heavy atom. The van der Waals surface area contributed by atoms with E-state index in [1.165, 1.54) is 12.1 Å². The molecule has 0 saturated carbocycles. The van der Waals surface area contributed by atoms with Crippen LogP contribution < -0.4 is 10.9 Å². The van der Waals surface area contributed by atoms with E-state index in [-0.39, 0.29) is 17.2 Å². The van der Waals surface area contributed by atoms with Gasteiger partial charge in [-0.1, -0.05) is 55.8 Å². The number of para-hydroxylation sites is 2. The number of hydrogen-bond acceptors (Lipinski definition) is 3. The summed E-state index contributed by atoms with van der Waals surface area (Å²) < 4.78 is 15.9. The maximum absolute atomic E-state index is 14.3. The van der Waals surface area contributed by atoms with Gasteiger partial charge in [0.25, 0.3) is 5.56 Å². The first kappa shape index (κ1) is 25.1. The number of amides is 2. The highest BCUT2D eigenvalue weighted by molar-refractivity contribution is 5.89. The molecule has 0 aliphatic rings. The summed E-state index contributed by atoms with van der Waals surface area (Å²) in [4.78, 5) is 33.7. The van der Waals surface area contributed by atoms with Crippen LogP contribution in [0.3, 0.4) is 0 Å². The lowest BCUT2D eigenvalue weighted by Gasteiger charge is -2.32. The number of nitrogens with one attached hydrogen (secondary N) is 1. The summed E-state index contributed by atoms with van der Waals surface area (Å²) in [6, 6.07) is 18.1. The molecule has 4 aromatic rings. The first-order valence-corrected chi connectivity index (χ1v) is 12.1. The summed E-state index contributed by atoms with van der Waals surface area (Å²) in [5.74, 6) is 0.0505. The Balaban J connectivity index is 1.88. The van der Waals surface area contributed by atoms with Crippen molar-refractivity contribution >= 4 is 22.6 Å². The van der Waals surface area contributed by atoms with Crippen molar-refractivity contribution in [2.24, 2.45) is 5.92 Å². The number of halogens is 1. The number of aryl methyl sites for hydroxylation is 2. The fourth-order valence-corrected chi connectivity index (χ4v) is 4.42. The molecule has 0 bridgehead atoms. The van der Waals surface area contributed by atoms with E-state index in [9.17, 15) is 14.0 Å². The zero-order valence-corrected chi connectivity index (χ0v) is 21.2. The number of nitrogens with zero attached hydrogens (tertiary/aromatic N) is 3. The highest BCUT2D eigenvalue weighted by atomic mass is 19.1. The van der Waals surface area contributed by atoms with E-state index < -0.39 is 17.9 Å². The number of benzene rings is 3. The van der Waals surface area contributed by atoms with Gasteiger partial charge in [0, 0.05) is 6.54 Å². The Kier molecular flexibility index (Phi) is 7.20. The molecular formula is C29H31FN4O2. The minimum Gasteiger partial charge on any atom is -0.314 e. The van der Waals surface area contributed by atoms with Crippen LogP contribution in [-0.4, -0.2) is 27.0 Å². The zero-order chi connectivity index (χ0) is 26.0. The molecule has 1 heterocycles. The van der Waals surface area contributed by atoms with Crippen LogP contribution >= 0.6 is 0 Å². The number of rotatable bonds is 6. The van der Waals surface area contributed by atoms with Crippen molar-refractivity contribution in [3.8, 4) is 5.69 Å². The molecule has 0 fully saturated rings. The minimum atomic E-state index is -0.586. The number of anilines is 1. The van der Waals surface area contributed by atoms with Crippen molar-refractivity contribution in [1.29, 1.82) is 0 Å². The Hall–Kier alpha value is -4.00. The van der Waals surface area contributed by atoms with E-state index in [0.29, 0.717) is 29.0 Å². The molecule has 0 spiro atoms. The van der Waals surface area contributed by atoms with Crippen LogP contribution in [0, 0.1) is 25.6 Å². The molecule has 0 saturated heterocycles. The van der Waals surface area contributed by atoms with Gasteiger partial charge in [-0.15, -0.1) is 0 Å². The minimum absolute atomic E-state index is 0.0988. The summed E-state index contributed by atoms with van der Waals surface area (Å²) in [5, 5.41) is 3.19. The fraction of sp³-hybridized carbons (Fsp3) is 0.276. The summed E-state index contributed by atoms with van der Waals surface area (Å²) in [6.45, 7) is 10.2. The van der Waals surface area contributed by atoms with Crippen molar-refractivity contribution in [3.63, 3.8) is 0 Å². The summed E-state index contributed by atoms with van der Waals surface area (Å²) in [7, 11) is 0. The first-order chi connectivity index (χ1) is 17.2. The molecule has 36 heavy (non-hydrogen) atoms. The third-order valence-electron chi connectivity index (χ3n) is 6.17. The average Bonchev–Trinajstić information content (AvgIpc) is 2.84. The van der Waals surface area contributed by atoms with Gasteiger partial charge in [0.1, 0.15) is 11.6 Å². The van der Waals surface area contributed by atoms with Gasteiger partial charge in [-0.05, 0) is 62.6 Å². The SMILES string of the molecule is Cc1ccc(-n2c(C(C)N(CC(C)C)C(=O)Nc3ccccc3F)nc3ccccc3c2=O)c(C)c1. The normalized spacial score (nSPS) is 12.1. The predicted octanol–water partition coefficient (Wildman–Crippen LogP) is 6.39. The third kappa shape index (κ3) is 5.00. The van der Waals surface area contributed by atoms with Crippen molar-refractivity contribution < 1.29 is 9.18 Å². The van der Waals surface area contributed by atoms with E-state index in [0.717, 1.165) is 11.1 Å². The van der Waals surface area contributed by atoms with Crippen molar-refractivity contribution in [2.45, 2.75) is 40.7 Å². The molecule has 1 N–H and O–H groups in total. The maximum Gasteiger partial charge on any atom is 0.322 e. The molecule has 7 heteroatoms. The summed E-state index contributed by atoms with van der Waals surface area (Å²) in [5.41, 5.74) is 3.18. The van der Waals surface area contributed by atoms with Gasteiger partial charge in [-0.3, -0.25) is 9.36 Å². The molecule has 0 aliphatic carbocycles. The average molecular weight is 487 g/mol. The second-order valence-electron chi connectivity index (χ2n) is 9.55. The molecule has 2 amide bonds. The quantitative estimate of drug-likeness (QED) is 0.343. The smallest absolute Gasteiger partial charge is 0.314 e. The number of urea groups is 1. The molecule has 6 nitrogen and oxygen atoms in total. The second-order valence-corrected chi connectivity index (χ2v) is 9.55. The molecule has 4 rings (SSSR count). The Morgan fingerprint density at radius 3 is 2.42 bits per heavy atom. The molecule has 1 unspecified atom stereocenters. The Morgan fingerprint density at radius 1 is 1.03 bits per heavy atom. The van der Waals surface area contributed by atoms with Gasteiger partial charge < -0.3 is 10.2 Å². The summed E-state index contributed by atoms with van der Waals surface area (Å²) >= 11 is 0. The second kappa shape index (κ2) is 10.3. The number of fused-ring (bicyclic) bond motifs is 1. The van der Waals surface area contributed by atoms with Gasteiger partial charge >= 0.3 is 6.03 Å². The number of aromatic nitrogens is 2. The van der Waals surface area contributed by atoms with Crippen LogP contribution in [0.1, 0.15) is 43.8 Å². The monoisotopic (exact) mass is 486 g/mol. The molecule has 1 atom stereocenters. The van der Waals surface area contributed by atoms with Crippen LogP contribution in [0.25, 0.3) is 16.6 Å². The maximum atomic E-state index is 14.3. The van der Waals surface area contributed by atoms with Crippen LogP contribution in [0.15, 0.2) is 71.5 Å². The highest BCUT2D eigenvalue weighted by Gasteiger charge is 2.28. The lowest BCUT2D eigenvalue weighted by atomic mass is 10.1. The van der Waals surface area contributed by atoms with Crippen molar-refractivity contribution in [2.75, 3.05) is 11.9 Å². The van der Waals surface area contributed by atoms with E-state index in [2.05, 4.69) is 5.32 Å². The molecule has 0 radical (unpaired) electrons. The number of carbonyl (C=O) groups is 1.